The maximum Gasteiger partial charge on any atom is 0.171 e. The van der Waals surface area contributed by atoms with E-state index in [1.165, 1.54) is 6.07 Å². The molecule has 0 spiro atoms. The van der Waals surface area contributed by atoms with Gasteiger partial charge in [0.15, 0.2) is 5.76 Å². The number of hydrogen-bond acceptors (Lipinski definition) is 3. The lowest BCUT2D eigenvalue weighted by Crippen LogP contribution is -2.11. The van der Waals surface area contributed by atoms with Crippen LogP contribution in [0.4, 0.5) is 4.39 Å². The second kappa shape index (κ2) is 5.10. The summed E-state index contributed by atoms with van der Waals surface area (Å²) < 4.78 is 18.7. The van der Waals surface area contributed by atoms with Crippen molar-refractivity contribution in [1.82, 2.24) is 10.5 Å². The minimum absolute atomic E-state index is 0.228. The zero-order chi connectivity index (χ0) is 12.3. The molecule has 0 bridgehead atoms. The molecule has 0 radical (unpaired) electrons. The number of hydrogen-bond donors (Lipinski definition) is 1. The van der Waals surface area contributed by atoms with E-state index in [-0.39, 0.29) is 5.82 Å². The molecule has 0 unspecified atom stereocenters. The predicted octanol–water partition coefficient (Wildman–Crippen LogP) is 2.90. The Hall–Kier alpha value is -1.68. The van der Waals surface area contributed by atoms with Crippen LogP contribution in [-0.4, -0.2) is 11.7 Å². The van der Waals surface area contributed by atoms with Gasteiger partial charge in [-0.15, -0.1) is 0 Å². The van der Waals surface area contributed by atoms with Gasteiger partial charge in [0, 0.05) is 17.7 Å². The number of halogens is 1. The maximum atomic E-state index is 13.5. The van der Waals surface area contributed by atoms with E-state index >= 15 is 0 Å². The van der Waals surface area contributed by atoms with E-state index < -0.39 is 0 Å². The Morgan fingerprint density at radius 2 is 2.24 bits per heavy atom. The van der Waals surface area contributed by atoms with E-state index in [0.29, 0.717) is 17.9 Å². The Bertz CT molecular complexity index is 508. The summed E-state index contributed by atoms with van der Waals surface area (Å²) in [5.74, 6) is 0.401. The first-order valence-electron chi connectivity index (χ1n) is 5.63. The molecule has 0 saturated carbocycles. The molecule has 0 atom stereocenters. The SMILES string of the molecule is CCNCc1cnoc1-c1ccc(C)c(F)c1. The number of aryl methyl sites for hydroxylation is 1. The lowest BCUT2D eigenvalue weighted by Gasteiger charge is -2.03. The summed E-state index contributed by atoms with van der Waals surface area (Å²) in [5, 5.41) is 6.96. The van der Waals surface area contributed by atoms with Crippen molar-refractivity contribution in [2.24, 2.45) is 0 Å². The largest absolute Gasteiger partial charge is 0.356 e. The Balaban J connectivity index is 2.32. The summed E-state index contributed by atoms with van der Waals surface area (Å²) in [6, 6.07) is 5.06. The number of nitrogens with one attached hydrogen (secondary N) is 1. The zero-order valence-corrected chi connectivity index (χ0v) is 9.96. The molecule has 3 nitrogen and oxygen atoms in total. The molecule has 1 aromatic heterocycles. The third kappa shape index (κ3) is 2.53. The molecule has 0 aliphatic heterocycles. The van der Waals surface area contributed by atoms with Crippen molar-refractivity contribution in [3.63, 3.8) is 0 Å². The average Bonchev–Trinajstić information content (AvgIpc) is 2.78. The van der Waals surface area contributed by atoms with E-state index in [9.17, 15) is 4.39 Å². The summed E-state index contributed by atoms with van der Waals surface area (Å²) in [4.78, 5) is 0. The summed E-state index contributed by atoms with van der Waals surface area (Å²) in [5.41, 5.74) is 2.29. The number of aromatic nitrogens is 1. The molecule has 1 N–H and O–H groups in total. The van der Waals surface area contributed by atoms with Gasteiger partial charge >= 0.3 is 0 Å². The van der Waals surface area contributed by atoms with Gasteiger partial charge in [-0.25, -0.2) is 4.39 Å². The van der Waals surface area contributed by atoms with Crippen LogP contribution in [0.15, 0.2) is 28.9 Å². The Morgan fingerprint density at radius 3 is 2.94 bits per heavy atom. The van der Waals surface area contributed by atoms with Crippen LogP contribution < -0.4 is 5.32 Å². The fraction of sp³-hybridized carbons (Fsp3) is 0.308. The van der Waals surface area contributed by atoms with Gasteiger partial charge in [-0.05, 0) is 25.1 Å². The maximum absolute atomic E-state index is 13.5. The second-order valence-corrected chi connectivity index (χ2v) is 3.92. The quantitative estimate of drug-likeness (QED) is 0.884. The van der Waals surface area contributed by atoms with E-state index in [0.717, 1.165) is 17.7 Å². The molecule has 0 amide bonds. The second-order valence-electron chi connectivity index (χ2n) is 3.92. The van der Waals surface area contributed by atoms with Crippen LogP contribution >= 0.6 is 0 Å². The highest BCUT2D eigenvalue weighted by Gasteiger charge is 2.11. The summed E-state index contributed by atoms with van der Waals surface area (Å²) in [7, 11) is 0. The summed E-state index contributed by atoms with van der Waals surface area (Å²) in [6.07, 6.45) is 1.66. The predicted molar refractivity (Wildman–Crippen MR) is 64.0 cm³/mol. The topological polar surface area (TPSA) is 38.1 Å². The highest BCUT2D eigenvalue weighted by Crippen LogP contribution is 2.25. The molecule has 0 fully saturated rings. The summed E-state index contributed by atoms with van der Waals surface area (Å²) >= 11 is 0. The van der Waals surface area contributed by atoms with E-state index in [4.69, 9.17) is 4.52 Å². The van der Waals surface area contributed by atoms with Crippen LogP contribution in [0.25, 0.3) is 11.3 Å². The normalized spacial score (nSPS) is 10.8. The monoisotopic (exact) mass is 234 g/mol. The van der Waals surface area contributed by atoms with Crippen LogP contribution in [0.3, 0.4) is 0 Å². The third-order valence-electron chi connectivity index (χ3n) is 2.64. The lowest BCUT2D eigenvalue weighted by atomic mass is 10.1. The van der Waals surface area contributed by atoms with Gasteiger partial charge in [0.2, 0.25) is 0 Å². The molecule has 0 aliphatic rings. The highest BCUT2D eigenvalue weighted by molar-refractivity contribution is 5.61. The van der Waals surface area contributed by atoms with E-state index in [1.54, 1.807) is 19.2 Å². The first kappa shape index (κ1) is 11.8. The number of rotatable bonds is 4. The fourth-order valence-electron chi connectivity index (χ4n) is 1.62. The van der Waals surface area contributed by atoms with Crippen molar-refractivity contribution in [3.8, 4) is 11.3 Å². The van der Waals surface area contributed by atoms with Gasteiger partial charge in [0.25, 0.3) is 0 Å². The average molecular weight is 234 g/mol. The molecule has 90 valence electrons. The van der Waals surface area contributed by atoms with Crippen LogP contribution in [0.1, 0.15) is 18.1 Å². The zero-order valence-electron chi connectivity index (χ0n) is 9.96. The van der Waals surface area contributed by atoms with Gasteiger partial charge < -0.3 is 9.84 Å². The van der Waals surface area contributed by atoms with Crippen LogP contribution in [0, 0.1) is 12.7 Å². The Labute approximate surface area is 99.6 Å². The molecular weight excluding hydrogens is 219 g/mol. The van der Waals surface area contributed by atoms with E-state index in [2.05, 4.69) is 10.5 Å². The Kier molecular flexibility index (Phi) is 3.54. The van der Waals surface area contributed by atoms with Crippen LogP contribution in [0.5, 0.6) is 0 Å². The number of nitrogens with zero attached hydrogens (tertiary/aromatic N) is 1. The molecule has 0 aliphatic carbocycles. The van der Waals surface area contributed by atoms with Crippen LogP contribution in [0.2, 0.25) is 0 Å². The van der Waals surface area contributed by atoms with Crippen molar-refractivity contribution in [2.45, 2.75) is 20.4 Å². The molecule has 17 heavy (non-hydrogen) atoms. The van der Waals surface area contributed by atoms with Crippen molar-refractivity contribution in [1.29, 1.82) is 0 Å². The minimum Gasteiger partial charge on any atom is -0.356 e. The molecular formula is C13H15FN2O. The molecule has 0 saturated heterocycles. The lowest BCUT2D eigenvalue weighted by molar-refractivity contribution is 0.431. The molecule has 1 aromatic carbocycles. The van der Waals surface area contributed by atoms with Gasteiger partial charge in [0.1, 0.15) is 5.82 Å². The fourth-order valence-corrected chi connectivity index (χ4v) is 1.62. The smallest absolute Gasteiger partial charge is 0.171 e. The molecule has 1 heterocycles. The van der Waals surface area contributed by atoms with Crippen LogP contribution in [-0.2, 0) is 6.54 Å². The van der Waals surface area contributed by atoms with E-state index in [1.807, 2.05) is 13.0 Å². The molecule has 4 heteroatoms. The van der Waals surface area contributed by atoms with Crippen molar-refractivity contribution in [2.75, 3.05) is 6.54 Å². The molecule has 2 aromatic rings. The third-order valence-corrected chi connectivity index (χ3v) is 2.64. The van der Waals surface area contributed by atoms with Crippen molar-refractivity contribution in [3.05, 3.63) is 41.3 Å². The Morgan fingerprint density at radius 1 is 1.41 bits per heavy atom. The molecule has 2 rings (SSSR count). The van der Waals surface area contributed by atoms with Crippen molar-refractivity contribution >= 4 is 0 Å². The first-order valence-corrected chi connectivity index (χ1v) is 5.63. The van der Waals surface area contributed by atoms with Crippen molar-refractivity contribution < 1.29 is 8.91 Å². The first-order chi connectivity index (χ1) is 8.22. The van der Waals surface area contributed by atoms with Gasteiger partial charge in [-0.2, -0.15) is 0 Å². The van der Waals surface area contributed by atoms with Gasteiger partial charge in [-0.1, -0.05) is 24.2 Å². The standard InChI is InChI=1S/C13H15FN2O/c1-3-15-7-11-8-16-17-13(11)10-5-4-9(2)12(14)6-10/h4-6,8,15H,3,7H2,1-2H3. The summed E-state index contributed by atoms with van der Waals surface area (Å²) in [6.45, 7) is 5.30. The number of benzene rings is 1. The van der Waals surface area contributed by atoms with Gasteiger partial charge in [-0.3, -0.25) is 0 Å². The minimum atomic E-state index is -0.228. The highest BCUT2D eigenvalue weighted by atomic mass is 19.1. The van der Waals surface area contributed by atoms with Gasteiger partial charge in [0.05, 0.1) is 6.20 Å².